The summed E-state index contributed by atoms with van der Waals surface area (Å²) in [5.74, 6) is -2.50. The van der Waals surface area contributed by atoms with Gasteiger partial charge in [-0.25, -0.2) is 0 Å². The van der Waals surface area contributed by atoms with E-state index in [1.54, 1.807) is 24.4 Å². The molecule has 0 aliphatic rings. The van der Waals surface area contributed by atoms with Crippen molar-refractivity contribution >= 4 is 29.3 Å². The number of rotatable bonds is 7. The van der Waals surface area contributed by atoms with Crippen LogP contribution in [-0.4, -0.2) is 42.5 Å². The first-order valence-corrected chi connectivity index (χ1v) is 8.07. The van der Waals surface area contributed by atoms with Gasteiger partial charge in [-0.3, -0.25) is 19.4 Å². The Morgan fingerprint density at radius 2 is 2.04 bits per heavy atom. The van der Waals surface area contributed by atoms with E-state index < -0.39 is 23.6 Å². The van der Waals surface area contributed by atoms with Gasteiger partial charge in [0.2, 0.25) is 5.78 Å². The third-order valence-corrected chi connectivity index (χ3v) is 3.90. The highest BCUT2D eigenvalue weighted by Gasteiger charge is 2.29. The first kappa shape index (κ1) is 17.4. The van der Waals surface area contributed by atoms with Crippen molar-refractivity contribution in [1.82, 2.24) is 24.2 Å². The molecule has 3 aromatic rings. The van der Waals surface area contributed by atoms with Gasteiger partial charge in [-0.05, 0) is 12.1 Å². The number of ketones is 1. The van der Waals surface area contributed by atoms with Crippen LogP contribution in [0.1, 0.15) is 16.2 Å². The summed E-state index contributed by atoms with van der Waals surface area (Å²) in [5.41, 5.74) is 5.79. The second kappa shape index (κ2) is 7.61. The Morgan fingerprint density at radius 1 is 1.19 bits per heavy atom. The average molecular weight is 372 g/mol. The van der Waals surface area contributed by atoms with Crippen LogP contribution in [0.2, 0.25) is 0 Å². The van der Waals surface area contributed by atoms with E-state index >= 15 is 0 Å². The van der Waals surface area contributed by atoms with E-state index in [1.165, 1.54) is 12.3 Å². The number of nitrogens with zero attached hydrogens (tertiary/aromatic N) is 4. The second-order valence-corrected chi connectivity index (χ2v) is 5.64. The molecule has 1 atom stereocenters. The van der Waals surface area contributed by atoms with E-state index in [9.17, 15) is 14.4 Å². The molecule has 0 fully saturated rings. The fourth-order valence-electron chi connectivity index (χ4n) is 2.16. The summed E-state index contributed by atoms with van der Waals surface area (Å²) < 4.78 is 13.0. The second-order valence-electron chi connectivity index (χ2n) is 5.11. The zero-order chi connectivity index (χ0) is 18.5. The maximum atomic E-state index is 12.6. The molecule has 3 aromatic heterocycles. The molecule has 0 bridgehead atoms. The smallest absolute Gasteiger partial charge is 0.287 e. The molecule has 0 aliphatic carbocycles. The van der Waals surface area contributed by atoms with Crippen molar-refractivity contribution in [2.75, 3.05) is 0 Å². The molecule has 3 heterocycles. The summed E-state index contributed by atoms with van der Waals surface area (Å²) in [6, 6.07) is 5.44. The summed E-state index contributed by atoms with van der Waals surface area (Å²) in [4.78, 5) is 40.0. The predicted octanol–water partition coefficient (Wildman–Crippen LogP) is -0.0164. The van der Waals surface area contributed by atoms with Crippen LogP contribution in [0.4, 0.5) is 0 Å². The number of pyridine rings is 1. The summed E-state index contributed by atoms with van der Waals surface area (Å²) in [5, 5.41) is 5.97. The molecule has 3 N–H and O–H groups in total. The number of carbonyl (C=O) groups excluding carboxylic acids is 3. The fourth-order valence-corrected chi connectivity index (χ4v) is 2.72. The van der Waals surface area contributed by atoms with E-state index in [4.69, 9.17) is 10.3 Å². The fraction of sp³-hybridized carbons (Fsp3) is 0.133. The van der Waals surface area contributed by atoms with Gasteiger partial charge in [0.15, 0.2) is 5.69 Å². The average Bonchev–Trinajstić information content (AvgIpc) is 3.32. The van der Waals surface area contributed by atoms with Crippen LogP contribution in [0.25, 0.3) is 11.4 Å². The lowest BCUT2D eigenvalue weighted by molar-refractivity contribution is -0.137. The number of hydrogen-bond acceptors (Lipinski definition) is 9. The van der Waals surface area contributed by atoms with Gasteiger partial charge in [0.1, 0.15) is 17.5 Å². The van der Waals surface area contributed by atoms with Crippen molar-refractivity contribution in [3.05, 3.63) is 48.1 Å². The summed E-state index contributed by atoms with van der Waals surface area (Å²) >= 11 is 0.831. The molecular weight excluding hydrogens is 360 g/mol. The van der Waals surface area contributed by atoms with Crippen molar-refractivity contribution in [3.63, 3.8) is 0 Å². The monoisotopic (exact) mass is 372 g/mol. The number of primary amides is 1. The van der Waals surface area contributed by atoms with Gasteiger partial charge in [-0.2, -0.15) is 8.75 Å². The van der Waals surface area contributed by atoms with Crippen LogP contribution < -0.4 is 11.1 Å². The molecule has 0 aromatic carbocycles. The van der Waals surface area contributed by atoms with Crippen LogP contribution in [0.15, 0.2) is 41.2 Å². The van der Waals surface area contributed by atoms with Crippen LogP contribution in [0.5, 0.6) is 0 Å². The van der Waals surface area contributed by atoms with E-state index in [0.717, 1.165) is 11.7 Å². The SMILES string of the molecule is NC(=O)C(=O)C(Cc1ccno1)NC(=O)c1nsnc1-c1ccccn1. The van der Waals surface area contributed by atoms with Crippen LogP contribution in [0, 0.1) is 0 Å². The minimum Gasteiger partial charge on any atom is -0.363 e. The zero-order valence-corrected chi connectivity index (χ0v) is 14.0. The summed E-state index contributed by atoms with van der Waals surface area (Å²) in [6.07, 6.45) is 2.86. The van der Waals surface area contributed by atoms with Crippen LogP contribution in [-0.2, 0) is 16.0 Å². The Morgan fingerprint density at radius 3 is 2.69 bits per heavy atom. The molecule has 26 heavy (non-hydrogen) atoms. The highest BCUT2D eigenvalue weighted by Crippen LogP contribution is 2.19. The largest absolute Gasteiger partial charge is 0.363 e. The zero-order valence-electron chi connectivity index (χ0n) is 13.2. The molecule has 132 valence electrons. The number of aromatic nitrogens is 4. The third kappa shape index (κ3) is 3.78. The standard InChI is InChI=1S/C15H12N6O4S/c16-14(23)13(22)10(7-8-4-6-18-25-8)19-15(24)12-11(20-26-21-12)9-3-1-2-5-17-9/h1-6,10H,7H2,(H2,16,23)(H,19,24). The normalized spacial score (nSPS) is 11.7. The van der Waals surface area contributed by atoms with Gasteiger partial charge in [0.25, 0.3) is 11.8 Å². The predicted molar refractivity (Wildman–Crippen MR) is 88.8 cm³/mol. The molecule has 11 heteroatoms. The molecule has 0 saturated heterocycles. The molecule has 1 unspecified atom stereocenters. The molecule has 0 spiro atoms. The Labute approximate surface area is 150 Å². The number of nitrogens with one attached hydrogen (secondary N) is 1. The molecule has 2 amide bonds. The molecule has 0 saturated carbocycles. The van der Waals surface area contributed by atoms with Gasteiger partial charge in [0.05, 0.1) is 23.6 Å². The highest BCUT2D eigenvalue weighted by atomic mass is 32.1. The summed E-state index contributed by atoms with van der Waals surface area (Å²) in [7, 11) is 0. The maximum absolute atomic E-state index is 12.6. The first-order valence-electron chi connectivity index (χ1n) is 7.34. The van der Waals surface area contributed by atoms with Gasteiger partial charge < -0.3 is 15.6 Å². The third-order valence-electron chi connectivity index (χ3n) is 3.37. The van der Waals surface area contributed by atoms with Crippen molar-refractivity contribution in [3.8, 4) is 11.4 Å². The lowest BCUT2D eigenvalue weighted by Gasteiger charge is -2.14. The number of amides is 2. The number of carbonyl (C=O) groups is 3. The van der Waals surface area contributed by atoms with Crippen LogP contribution >= 0.6 is 11.7 Å². The van der Waals surface area contributed by atoms with Crippen molar-refractivity contribution in [2.24, 2.45) is 5.73 Å². The lowest BCUT2D eigenvalue weighted by atomic mass is 10.1. The topological polar surface area (TPSA) is 154 Å². The van der Waals surface area contributed by atoms with E-state index in [-0.39, 0.29) is 17.8 Å². The van der Waals surface area contributed by atoms with Crippen molar-refractivity contribution in [2.45, 2.75) is 12.5 Å². The summed E-state index contributed by atoms with van der Waals surface area (Å²) in [6.45, 7) is 0. The maximum Gasteiger partial charge on any atom is 0.287 e. The lowest BCUT2D eigenvalue weighted by Crippen LogP contribution is -2.47. The van der Waals surface area contributed by atoms with Crippen molar-refractivity contribution < 1.29 is 18.9 Å². The minimum atomic E-state index is -1.22. The van der Waals surface area contributed by atoms with E-state index in [2.05, 4.69) is 24.2 Å². The van der Waals surface area contributed by atoms with Gasteiger partial charge in [0, 0.05) is 18.7 Å². The Bertz CT molecular complexity index is 925. The van der Waals surface area contributed by atoms with Crippen molar-refractivity contribution in [1.29, 1.82) is 0 Å². The quantitative estimate of drug-likeness (QED) is 0.549. The number of hydrogen-bond donors (Lipinski definition) is 2. The Kier molecular flexibility index (Phi) is 5.08. The number of Topliss-reactive ketones (excluding diaryl/α,β-unsaturated/α-hetero) is 1. The molecule has 0 radical (unpaired) electrons. The number of nitrogens with two attached hydrogens (primary N) is 1. The molecular formula is C15H12N6O4S. The van der Waals surface area contributed by atoms with E-state index in [0.29, 0.717) is 11.5 Å². The Balaban J connectivity index is 1.83. The highest BCUT2D eigenvalue weighted by molar-refractivity contribution is 6.99. The molecule has 10 nitrogen and oxygen atoms in total. The molecule has 3 rings (SSSR count). The van der Waals surface area contributed by atoms with Crippen LogP contribution in [0.3, 0.4) is 0 Å². The van der Waals surface area contributed by atoms with Gasteiger partial charge >= 0.3 is 0 Å². The minimum absolute atomic E-state index is 0.00598. The Hall–Kier alpha value is -3.47. The van der Waals surface area contributed by atoms with Gasteiger partial charge in [-0.15, -0.1) is 0 Å². The molecule has 0 aliphatic heterocycles. The van der Waals surface area contributed by atoms with E-state index in [1.807, 2.05) is 0 Å². The first-order chi connectivity index (χ1) is 12.6. The van der Waals surface area contributed by atoms with Gasteiger partial charge in [-0.1, -0.05) is 11.2 Å².